The first kappa shape index (κ1) is 14.4. The third-order valence-corrected chi connectivity index (χ3v) is 6.82. The lowest BCUT2D eigenvalue weighted by atomic mass is 9.73. The molecule has 4 aliphatic rings. The number of rotatable bonds is 2. The topological polar surface area (TPSA) is 47.7 Å². The van der Waals surface area contributed by atoms with Gasteiger partial charge in [-0.2, -0.15) is 0 Å². The summed E-state index contributed by atoms with van der Waals surface area (Å²) >= 11 is 0. The number of piperidine rings is 1. The first-order valence-corrected chi connectivity index (χ1v) is 8.86. The molecule has 2 N–H and O–H groups in total. The molecule has 0 aromatic heterocycles. The fraction of sp³-hybridized carbons (Fsp3) is 1.00. The highest BCUT2D eigenvalue weighted by Gasteiger charge is 2.46. The molecule has 0 amide bonds. The highest BCUT2D eigenvalue weighted by molar-refractivity contribution is 5.00. The summed E-state index contributed by atoms with van der Waals surface area (Å²) in [6.07, 6.45) is 8.73. The molecule has 4 nitrogen and oxygen atoms in total. The Morgan fingerprint density at radius 1 is 1.10 bits per heavy atom. The molecule has 0 radical (unpaired) electrons. The van der Waals surface area contributed by atoms with Gasteiger partial charge < -0.3 is 20.1 Å². The van der Waals surface area contributed by atoms with E-state index in [4.69, 9.17) is 15.2 Å². The van der Waals surface area contributed by atoms with Crippen LogP contribution >= 0.6 is 0 Å². The second kappa shape index (κ2) is 5.48. The van der Waals surface area contributed by atoms with Gasteiger partial charge in [0.05, 0.1) is 12.2 Å². The van der Waals surface area contributed by atoms with Crippen LogP contribution in [-0.4, -0.2) is 55.5 Å². The Morgan fingerprint density at radius 3 is 2.52 bits per heavy atom. The van der Waals surface area contributed by atoms with Crippen LogP contribution in [0.5, 0.6) is 0 Å². The summed E-state index contributed by atoms with van der Waals surface area (Å²) in [6, 6.07) is 1.95. The van der Waals surface area contributed by atoms with E-state index in [2.05, 4.69) is 11.9 Å². The van der Waals surface area contributed by atoms with Crippen molar-refractivity contribution in [2.45, 2.75) is 68.7 Å². The zero-order valence-corrected chi connectivity index (χ0v) is 13.3. The molecule has 0 aromatic rings. The number of ether oxygens (including phenoxy) is 2. The number of nitrogens with two attached hydrogens (primary N) is 1. The smallest absolute Gasteiger partial charge is 0.0939 e. The number of nitrogens with zero attached hydrogens (tertiary/aromatic N) is 1. The fourth-order valence-corrected chi connectivity index (χ4v) is 5.41. The lowest BCUT2D eigenvalue weighted by Gasteiger charge is -2.44. The average molecular weight is 294 g/mol. The molecule has 21 heavy (non-hydrogen) atoms. The Hall–Kier alpha value is -0.160. The van der Waals surface area contributed by atoms with Gasteiger partial charge >= 0.3 is 0 Å². The molecule has 4 saturated heterocycles. The Labute approximate surface area is 128 Å². The van der Waals surface area contributed by atoms with Crippen LogP contribution in [0.25, 0.3) is 0 Å². The largest absolute Gasteiger partial charge is 0.378 e. The lowest BCUT2D eigenvalue weighted by Crippen LogP contribution is -2.51. The van der Waals surface area contributed by atoms with Gasteiger partial charge in [-0.05, 0) is 57.4 Å². The third kappa shape index (κ3) is 2.54. The van der Waals surface area contributed by atoms with Gasteiger partial charge in [-0.1, -0.05) is 0 Å². The monoisotopic (exact) mass is 294 g/mol. The van der Waals surface area contributed by atoms with E-state index in [-0.39, 0.29) is 5.60 Å². The maximum absolute atomic E-state index is 6.76. The third-order valence-electron chi connectivity index (χ3n) is 6.82. The van der Waals surface area contributed by atoms with Crippen LogP contribution < -0.4 is 5.73 Å². The van der Waals surface area contributed by atoms with Crippen molar-refractivity contribution < 1.29 is 9.47 Å². The van der Waals surface area contributed by atoms with Crippen molar-refractivity contribution >= 4 is 0 Å². The maximum Gasteiger partial charge on any atom is 0.0939 e. The Balaban J connectivity index is 1.41. The SMILES string of the molecule is CN1C2CCC1CC(C(N)C1CCOC3(CCOC3)C1)C2. The zero-order valence-electron chi connectivity index (χ0n) is 13.3. The highest BCUT2D eigenvalue weighted by atomic mass is 16.6. The maximum atomic E-state index is 6.76. The predicted octanol–water partition coefficient (Wildman–Crippen LogP) is 1.77. The van der Waals surface area contributed by atoms with Crippen molar-refractivity contribution in [3.05, 3.63) is 0 Å². The minimum Gasteiger partial charge on any atom is -0.378 e. The van der Waals surface area contributed by atoms with Crippen molar-refractivity contribution in [1.82, 2.24) is 4.90 Å². The summed E-state index contributed by atoms with van der Waals surface area (Å²) in [5.41, 5.74) is 6.76. The van der Waals surface area contributed by atoms with E-state index in [0.29, 0.717) is 12.0 Å². The van der Waals surface area contributed by atoms with E-state index in [1.807, 2.05) is 0 Å². The van der Waals surface area contributed by atoms with Crippen molar-refractivity contribution in [3.63, 3.8) is 0 Å². The predicted molar refractivity (Wildman–Crippen MR) is 82.1 cm³/mol. The summed E-state index contributed by atoms with van der Waals surface area (Å²) in [5.74, 6) is 1.36. The van der Waals surface area contributed by atoms with E-state index in [9.17, 15) is 0 Å². The molecule has 4 heterocycles. The van der Waals surface area contributed by atoms with E-state index < -0.39 is 0 Å². The first-order chi connectivity index (χ1) is 10.2. The van der Waals surface area contributed by atoms with E-state index >= 15 is 0 Å². The van der Waals surface area contributed by atoms with Crippen LogP contribution in [0, 0.1) is 11.8 Å². The molecule has 4 heteroatoms. The van der Waals surface area contributed by atoms with Gasteiger partial charge in [0, 0.05) is 37.8 Å². The fourth-order valence-electron chi connectivity index (χ4n) is 5.41. The van der Waals surface area contributed by atoms with Crippen molar-refractivity contribution in [3.8, 4) is 0 Å². The minimum atomic E-state index is 0.00494. The van der Waals surface area contributed by atoms with Crippen LogP contribution in [0.15, 0.2) is 0 Å². The van der Waals surface area contributed by atoms with Gasteiger partial charge in [0.2, 0.25) is 0 Å². The van der Waals surface area contributed by atoms with E-state index in [1.165, 1.54) is 25.7 Å². The second-order valence-corrected chi connectivity index (χ2v) is 7.95. The van der Waals surface area contributed by atoms with Gasteiger partial charge in [0.25, 0.3) is 0 Å². The molecule has 5 unspecified atom stereocenters. The average Bonchev–Trinajstić information content (AvgIpc) is 2.99. The van der Waals surface area contributed by atoms with Gasteiger partial charge in [-0.25, -0.2) is 0 Å². The standard InChI is InChI=1S/C17H30N2O2/c1-19-14-2-3-15(19)9-13(8-14)16(18)12-4-6-21-17(10-12)5-7-20-11-17/h12-16H,2-11,18H2,1H3. The molecule has 5 atom stereocenters. The molecular weight excluding hydrogens is 264 g/mol. The summed E-state index contributed by atoms with van der Waals surface area (Å²) < 4.78 is 11.7. The molecule has 120 valence electrons. The van der Waals surface area contributed by atoms with Crippen LogP contribution in [0.3, 0.4) is 0 Å². The quantitative estimate of drug-likeness (QED) is 0.843. The van der Waals surface area contributed by atoms with E-state index in [1.54, 1.807) is 0 Å². The molecule has 0 aliphatic carbocycles. The van der Waals surface area contributed by atoms with Crippen molar-refractivity contribution in [2.75, 3.05) is 26.9 Å². The van der Waals surface area contributed by atoms with Crippen LogP contribution in [-0.2, 0) is 9.47 Å². The summed E-state index contributed by atoms with van der Waals surface area (Å²) in [6.45, 7) is 2.52. The molecule has 4 rings (SSSR count). The Bertz CT molecular complexity index is 369. The molecular formula is C17H30N2O2. The summed E-state index contributed by atoms with van der Waals surface area (Å²) in [7, 11) is 2.31. The molecule has 0 saturated carbocycles. The second-order valence-electron chi connectivity index (χ2n) is 7.95. The molecule has 4 aliphatic heterocycles. The van der Waals surface area contributed by atoms with Gasteiger partial charge in [0.1, 0.15) is 0 Å². The van der Waals surface area contributed by atoms with Gasteiger partial charge in [0.15, 0.2) is 0 Å². The van der Waals surface area contributed by atoms with E-state index in [0.717, 1.165) is 57.1 Å². The van der Waals surface area contributed by atoms with Crippen LogP contribution in [0.1, 0.15) is 44.9 Å². The van der Waals surface area contributed by atoms with Gasteiger partial charge in [-0.3, -0.25) is 0 Å². The Kier molecular flexibility index (Phi) is 3.77. The highest BCUT2D eigenvalue weighted by Crippen LogP contribution is 2.43. The summed E-state index contributed by atoms with van der Waals surface area (Å²) in [5, 5.41) is 0. The first-order valence-electron chi connectivity index (χ1n) is 8.86. The number of hydrogen-bond acceptors (Lipinski definition) is 4. The van der Waals surface area contributed by atoms with Crippen molar-refractivity contribution in [2.24, 2.45) is 17.6 Å². The molecule has 4 fully saturated rings. The zero-order chi connectivity index (χ0) is 14.4. The summed E-state index contributed by atoms with van der Waals surface area (Å²) in [4.78, 5) is 2.61. The number of fused-ring (bicyclic) bond motifs is 2. The molecule has 1 spiro atoms. The molecule has 0 aromatic carbocycles. The molecule has 2 bridgehead atoms. The normalized spacial score (nSPS) is 48.9. The lowest BCUT2D eigenvalue weighted by molar-refractivity contribution is -0.105. The number of hydrogen-bond donors (Lipinski definition) is 1. The van der Waals surface area contributed by atoms with Crippen LogP contribution in [0.4, 0.5) is 0 Å². The minimum absolute atomic E-state index is 0.00494. The van der Waals surface area contributed by atoms with Crippen molar-refractivity contribution in [1.29, 1.82) is 0 Å². The van der Waals surface area contributed by atoms with Crippen LogP contribution in [0.2, 0.25) is 0 Å². The Morgan fingerprint density at radius 2 is 1.86 bits per heavy atom. The van der Waals surface area contributed by atoms with Gasteiger partial charge in [-0.15, -0.1) is 0 Å².